The molecule has 0 radical (unpaired) electrons. The van der Waals surface area contributed by atoms with Crippen LogP contribution in [0.3, 0.4) is 0 Å². The van der Waals surface area contributed by atoms with E-state index in [0.29, 0.717) is 12.0 Å². The van der Waals surface area contributed by atoms with E-state index in [1.54, 1.807) is 6.92 Å². The number of carbonyl (C=O) groups excluding carboxylic acids is 1. The molecule has 0 aliphatic carbocycles. The van der Waals surface area contributed by atoms with Gasteiger partial charge in [0.15, 0.2) is 0 Å². The quantitative estimate of drug-likeness (QED) is 0.231. The first kappa shape index (κ1) is 25.8. The van der Waals surface area contributed by atoms with Crippen LogP contribution in [0.25, 0.3) is 0 Å². The molecule has 1 aliphatic rings. The summed E-state index contributed by atoms with van der Waals surface area (Å²) in [6.07, 6.45) is 8.89. The van der Waals surface area contributed by atoms with Crippen molar-refractivity contribution >= 4 is 21.9 Å². The zero-order chi connectivity index (χ0) is 22.6. The third-order valence-corrected chi connectivity index (χ3v) is 6.10. The summed E-state index contributed by atoms with van der Waals surface area (Å²) in [5.41, 5.74) is -0.792. The molecule has 3 atom stereocenters. The molecule has 1 aromatic rings. The third-order valence-electron chi connectivity index (χ3n) is 5.54. The van der Waals surface area contributed by atoms with Gasteiger partial charge in [0, 0.05) is 29.9 Å². The monoisotopic (exact) mass is 504 g/mol. The largest absolute Gasteiger partial charge is 0.463 e. The predicted octanol–water partition coefficient (Wildman–Crippen LogP) is 4.31. The summed E-state index contributed by atoms with van der Waals surface area (Å²) < 4.78 is 26.2. The lowest BCUT2D eigenvalue weighted by Crippen LogP contribution is -2.33. The lowest BCUT2D eigenvalue weighted by Gasteiger charge is -2.16. The molecule has 0 aromatic carbocycles. The highest BCUT2D eigenvalue weighted by atomic mass is 79.9. The van der Waals surface area contributed by atoms with Crippen molar-refractivity contribution < 1.29 is 18.7 Å². The number of unbranched alkanes of at least 4 members (excludes halogenated alkanes) is 8. The lowest BCUT2D eigenvalue weighted by molar-refractivity contribution is -0.149. The van der Waals surface area contributed by atoms with Crippen LogP contribution in [0, 0.1) is 6.92 Å². The molecule has 1 fully saturated rings. The Morgan fingerprint density at radius 3 is 2.42 bits per heavy atom. The summed E-state index contributed by atoms with van der Waals surface area (Å²) in [5.74, 6) is -0.355. The Hall–Kier alpha value is -1.48. The summed E-state index contributed by atoms with van der Waals surface area (Å²) in [4.78, 5) is 37.5. The summed E-state index contributed by atoms with van der Waals surface area (Å²) in [7, 11) is 0. The number of ether oxygens (including phenoxy) is 2. The molecular weight excluding hydrogens is 471 g/mol. The van der Waals surface area contributed by atoms with Gasteiger partial charge in [0.25, 0.3) is 5.56 Å². The van der Waals surface area contributed by atoms with Gasteiger partial charge in [-0.15, -0.1) is 0 Å². The van der Waals surface area contributed by atoms with E-state index >= 15 is 0 Å². The molecule has 7 nitrogen and oxygen atoms in total. The molecule has 1 aromatic heterocycles. The van der Waals surface area contributed by atoms with Crippen LogP contribution in [0.1, 0.15) is 82.4 Å². The van der Waals surface area contributed by atoms with Gasteiger partial charge in [0.2, 0.25) is 0 Å². The van der Waals surface area contributed by atoms with E-state index in [9.17, 15) is 18.8 Å². The minimum absolute atomic E-state index is 0.0380. The van der Waals surface area contributed by atoms with E-state index < -0.39 is 29.8 Å². The van der Waals surface area contributed by atoms with Gasteiger partial charge in [-0.1, -0.05) is 60.9 Å². The number of aromatic nitrogens is 2. The number of halogens is 2. The standard InChI is InChI=1S/C22H34BrFN2O5/c1-16-14-26(22(29)25-21(16)28)19-13-17(24)18(31-19)15-30-20(27)11-9-7-5-3-2-4-6-8-10-12-23/h14,17-19H,2-13,15H2,1H3,(H,25,28,29)/t17-,18+,19+/m0/s1. The van der Waals surface area contributed by atoms with Crippen molar-refractivity contribution in [3.05, 3.63) is 32.6 Å². The Morgan fingerprint density at radius 1 is 1.16 bits per heavy atom. The van der Waals surface area contributed by atoms with Gasteiger partial charge >= 0.3 is 11.7 Å². The molecule has 1 saturated heterocycles. The van der Waals surface area contributed by atoms with Gasteiger partial charge in [-0.25, -0.2) is 9.18 Å². The maximum Gasteiger partial charge on any atom is 0.330 e. The second-order valence-corrected chi connectivity index (χ2v) is 8.96. The average molecular weight is 505 g/mol. The van der Waals surface area contributed by atoms with E-state index in [2.05, 4.69) is 20.9 Å². The number of aryl methyl sites for hydroxylation is 1. The number of alkyl halides is 2. The van der Waals surface area contributed by atoms with Crippen LogP contribution < -0.4 is 11.2 Å². The van der Waals surface area contributed by atoms with Crippen molar-refractivity contribution in [3.63, 3.8) is 0 Å². The molecule has 0 spiro atoms. The van der Waals surface area contributed by atoms with E-state index in [-0.39, 0.29) is 19.0 Å². The number of hydrogen-bond donors (Lipinski definition) is 1. The highest BCUT2D eigenvalue weighted by Crippen LogP contribution is 2.30. The van der Waals surface area contributed by atoms with Crippen molar-refractivity contribution in [2.24, 2.45) is 0 Å². The second kappa shape index (κ2) is 13.8. The first-order valence-electron chi connectivity index (χ1n) is 11.3. The molecule has 9 heteroatoms. The first-order chi connectivity index (χ1) is 14.9. The summed E-state index contributed by atoms with van der Waals surface area (Å²) in [5, 5.41) is 1.08. The highest BCUT2D eigenvalue weighted by molar-refractivity contribution is 9.09. The van der Waals surface area contributed by atoms with E-state index in [1.165, 1.54) is 49.3 Å². The fourth-order valence-corrected chi connectivity index (χ4v) is 4.05. The minimum atomic E-state index is -1.36. The summed E-state index contributed by atoms with van der Waals surface area (Å²) in [6, 6.07) is 0. The Morgan fingerprint density at radius 2 is 1.77 bits per heavy atom. The van der Waals surface area contributed by atoms with Crippen LogP contribution in [0.15, 0.2) is 15.8 Å². The van der Waals surface area contributed by atoms with Gasteiger partial charge < -0.3 is 9.47 Å². The first-order valence-corrected chi connectivity index (χ1v) is 12.4. The number of aromatic amines is 1. The fraction of sp³-hybridized carbons (Fsp3) is 0.773. The van der Waals surface area contributed by atoms with Crippen LogP contribution in [0.2, 0.25) is 0 Å². The third kappa shape index (κ3) is 8.88. The smallest absolute Gasteiger partial charge is 0.330 e. The van der Waals surface area contributed by atoms with Crippen LogP contribution >= 0.6 is 15.9 Å². The highest BCUT2D eigenvalue weighted by Gasteiger charge is 2.37. The molecular formula is C22H34BrFN2O5. The van der Waals surface area contributed by atoms with Crippen LogP contribution in [-0.4, -0.2) is 39.7 Å². The number of esters is 1. The van der Waals surface area contributed by atoms with Crippen molar-refractivity contribution in [1.82, 2.24) is 9.55 Å². The van der Waals surface area contributed by atoms with Crippen molar-refractivity contribution in [1.29, 1.82) is 0 Å². The van der Waals surface area contributed by atoms with Crippen molar-refractivity contribution in [3.8, 4) is 0 Å². The summed E-state index contributed by atoms with van der Waals surface area (Å²) >= 11 is 3.44. The number of carbonyl (C=O) groups is 1. The van der Waals surface area contributed by atoms with Crippen molar-refractivity contribution in [2.75, 3.05) is 11.9 Å². The molecule has 2 rings (SSSR count). The number of nitrogens with zero attached hydrogens (tertiary/aromatic N) is 1. The van der Waals surface area contributed by atoms with Gasteiger partial charge in [-0.3, -0.25) is 19.1 Å². The number of H-pyrrole nitrogens is 1. The molecule has 1 aliphatic heterocycles. The molecule has 0 bridgehead atoms. The Balaban J connectivity index is 1.60. The van der Waals surface area contributed by atoms with Gasteiger partial charge in [-0.05, 0) is 19.8 Å². The van der Waals surface area contributed by atoms with E-state index in [4.69, 9.17) is 9.47 Å². The lowest BCUT2D eigenvalue weighted by atomic mass is 10.1. The topological polar surface area (TPSA) is 90.4 Å². The SMILES string of the molecule is Cc1cn([C@H]2C[C@H](F)[C@@H](COC(=O)CCCCCCCCCCCBr)O2)c(=O)[nH]c1=O. The maximum atomic E-state index is 14.3. The Labute approximate surface area is 190 Å². The molecule has 31 heavy (non-hydrogen) atoms. The van der Waals surface area contributed by atoms with Crippen LogP contribution in [-0.2, 0) is 14.3 Å². The zero-order valence-electron chi connectivity index (χ0n) is 18.2. The molecule has 0 unspecified atom stereocenters. The van der Waals surface area contributed by atoms with Gasteiger partial charge in [0.1, 0.15) is 25.1 Å². The minimum Gasteiger partial charge on any atom is -0.463 e. The predicted molar refractivity (Wildman–Crippen MR) is 120 cm³/mol. The van der Waals surface area contributed by atoms with Crippen LogP contribution in [0.4, 0.5) is 4.39 Å². The zero-order valence-corrected chi connectivity index (χ0v) is 19.8. The van der Waals surface area contributed by atoms with Gasteiger partial charge in [0.05, 0.1) is 0 Å². The number of nitrogens with one attached hydrogen (secondary N) is 1. The number of rotatable bonds is 14. The van der Waals surface area contributed by atoms with E-state index in [1.807, 2.05) is 0 Å². The number of hydrogen-bond acceptors (Lipinski definition) is 5. The molecule has 0 amide bonds. The van der Waals surface area contributed by atoms with Gasteiger partial charge in [-0.2, -0.15) is 0 Å². The normalized spacial score (nSPS) is 20.8. The Kier molecular flexibility index (Phi) is 11.5. The fourth-order valence-electron chi connectivity index (χ4n) is 3.66. The maximum absolute atomic E-state index is 14.3. The van der Waals surface area contributed by atoms with Crippen LogP contribution in [0.5, 0.6) is 0 Å². The van der Waals surface area contributed by atoms with Crippen molar-refractivity contribution in [2.45, 2.75) is 96.1 Å². The summed E-state index contributed by atoms with van der Waals surface area (Å²) in [6.45, 7) is 1.38. The molecule has 176 valence electrons. The van der Waals surface area contributed by atoms with E-state index in [0.717, 1.165) is 24.6 Å². The molecule has 1 N–H and O–H groups in total. The molecule has 0 saturated carbocycles. The Bertz CT molecular complexity index is 797. The second-order valence-electron chi connectivity index (χ2n) is 8.16. The molecule has 2 heterocycles. The average Bonchev–Trinajstić information content (AvgIpc) is 3.10.